The van der Waals surface area contributed by atoms with Crippen LogP contribution >= 0.6 is 23.3 Å². The van der Waals surface area contributed by atoms with Crippen molar-refractivity contribution in [2.75, 3.05) is 24.7 Å². The highest BCUT2D eigenvalue weighted by Gasteiger charge is 2.54. The van der Waals surface area contributed by atoms with E-state index in [0.717, 1.165) is 16.4 Å². The molecular formula is C19H22N6O8S2. The molecule has 14 nitrogen and oxygen atoms in total. The number of aliphatic carboxylic acids is 1. The van der Waals surface area contributed by atoms with Crippen LogP contribution in [0.5, 0.6) is 0 Å². The molecular weight excluding hydrogens is 504 g/mol. The summed E-state index contributed by atoms with van der Waals surface area (Å²) < 4.78 is 8.93. The Morgan fingerprint density at radius 3 is 2.69 bits per heavy atom. The van der Waals surface area contributed by atoms with Crippen LogP contribution in [0.1, 0.15) is 32.5 Å². The summed E-state index contributed by atoms with van der Waals surface area (Å²) in [4.78, 5) is 70.3. The van der Waals surface area contributed by atoms with Gasteiger partial charge >= 0.3 is 11.9 Å². The van der Waals surface area contributed by atoms with E-state index in [1.54, 1.807) is 0 Å². The maximum atomic E-state index is 12.9. The summed E-state index contributed by atoms with van der Waals surface area (Å²) in [6.45, 7) is 2.93. The van der Waals surface area contributed by atoms with Crippen molar-refractivity contribution in [1.29, 1.82) is 0 Å². The summed E-state index contributed by atoms with van der Waals surface area (Å²) in [5.74, 6) is -3.97. The number of nitrogens with one attached hydrogen (secondary N) is 1. The first kappa shape index (κ1) is 26.1. The number of Topliss-reactive ketones (excluding diaryl/α,β-unsaturated/α-hetero) is 1. The van der Waals surface area contributed by atoms with Crippen LogP contribution in [0.15, 0.2) is 16.4 Å². The Hall–Kier alpha value is -3.53. The van der Waals surface area contributed by atoms with E-state index in [4.69, 9.17) is 15.3 Å². The van der Waals surface area contributed by atoms with Crippen LogP contribution in [0.4, 0.5) is 5.13 Å². The molecule has 16 heteroatoms. The van der Waals surface area contributed by atoms with Crippen molar-refractivity contribution in [2.45, 2.75) is 38.1 Å². The van der Waals surface area contributed by atoms with E-state index in [1.807, 2.05) is 6.92 Å². The van der Waals surface area contributed by atoms with E-state index in [0.29, 0.717) is 6.42 Å². The van der Waals surface area contributed by atoms with Crippen molar-refractivity contribution in [1.82, 2.24) is 19.6 Å². The van der Waals surface area contributed by atoms with Crippen LogP contribution in [0.3, 0.4) is 0 Å². The van der Waals surface area contributed by atoms with Crippen LogP contribution in [-0.4, -0.2) is 85.0 Å². The van der Waals surface area contributed by atoms with Gasteiger partial charge in [0.05, 0.1) is 0 Å². The minimum atomic E-state index is -1.39. The number of carboxylic acid groups (broad SMARTS) is 1. The van der Waals surface area contributed by atoms with E-state index in [2.05, 4.69) is 19.8 Å². The fraction of sp³-hybridized carbons (Fsp3) is 0.474. The molecule has 2 amide bonds. The first-order valence-corrected chi connectivity index (χ1v) is 12.1. The topological polar surface area (TPSA) is 203 Å². The number of β-lactam (4-membered cyclic amide) rings is 1. The average molecular weight is 527 g/mol. The van der Waals surface area contributed by atoms with Gasteiger partial charge in [-0.25, -0.2) is 4.79 Å². The van der Waals surface area contributed by atoms with Gasteiger partial charge in [0.15, 0.2) is 5.13 Å². The second-order valence-electron chi connectivity index (χ2n) is 7.39. The largest absolute Gasteiger partial charge is 0.477 e. The molecule has 2 aliphatic rings. The van der Waals surface area contributed by atoms with E-state index in [1.165, 1.54) is 18.7 Å². The molecule has 1 aromatic rings. The molecule has 1 saturated heterocycles. The Bertz CT molecular complexity index is 1120. The van der Waals surface area contributed by atoms with Crippen LogP contribution < -0.4 is 11.1 Å². The predicted molar refractivity (Wildman–Crippen MR) is 123 cm³/mol. The molecule has 35 heavy (non-hydrogen) atoms. The number of hydrogen-bond donors (Lipinski definition) is 3. The Morgan fingerprint density at radius 1 is 1.34 bits per heavy atom. The zero-order valence-corrected chi connectivity index (χ0v) is 20.3. The lowest BCUT2D eigenvalue weighted by molar-refractivity contribution is -0.150. The molecule has 3 heterocycles. The zero-order valence-electron chi connectivity index (χ0n) is 18.7. The Kier molecular flexibility index (Phi) is 8.39. The maximum absolute atomic E-state index is 12.9. The number of amides is 2. The first-order chi connectivity index (χ1) is 16.6. The van der Waals surface area contributed by atoms with Gasteiger partial charge in [-0.15, -0.1) is 11.8 Å². The number of ether oxygens (including phenoxy) is 1. The average Bonchev–Trinajstić information content (AvgIpc) is 3.23. The Labute approximate surface area is 207 Å². The lowest BCUT2D eigenvalue weighted by atomic mass is 10.0. The van der Waals surface area contributed by atoms with Crippen molar-refractivity contribution < 1.29 is 38.7 Å². The van der Waals surface area contributed by atoms with Gasteiger partial charge in [-0.3, -0.25) is 24.1 Å². The number of carboxylic acids is 1. The summed E-state index contributed by atoms with van der Waals surface area (Å²) in [6, 6.07) is -1.05. The van der Waals surface area contributed by atoms with Crippen molar-refractivity contribution in [3.8, 4) is 0 Å². The van der Waals surface area contributed by atoms with Crippen molar-refractivity contribution >= 4 is 63.7 Å². The third-order valence-electron chi connectivity index (χ3n) is 4.66. The Morgan fingerprint density at radius 2 is 2.09 bits per heavy atom. The van der Waals surface area contributed by atoms with Gasteiger partial charge in [0.25, 0.3) is 11.8 Å². The smallest absolute Gasteiger partial charge is 0.352 e. The number of carbonyl (C=O) groups is 5. The molecule has 0 saturated carbocycles. The maximum Gasteiger partial charge on any atom is 0.352 e. The van der Waals surface area contributed by atoms with Crippen molar-refractivity contribution in [3.63, 3.8) is 0 Å². The van der Waals surface area contributed by atoms with Crippen molar-refractivity contribution in [2.24, 2.45) is 5.16 Å². The highest BCUT2D eigenvalue weighted by atomic mass is 32.2. The van der Waals surface area contributed by atoms with Gasteiger partial charge < -0.3 is 25.7 Å². The number of ketones is 1. The molecule has 3 rings (SSSR count). The standard InChI is InChI=1S/C19H22N6O8S2/c1-3-4-33-23-11(14-22-19(20)35-24-14)15(28)21-12-16(29)25-13(18(30)31)9(7-34-17(12)25)6-32-10(27)5-8(2)26/h12,17H,3-7H2,1-2H3,(H,21,28)(H,30,31)(H2,20,22,24)/t12?,17-/m1/s1. The summed E-state index contributed by atoms with van der Waals surface area (Å²) in [6.07, 6.45) is 0.198. The van der Waals surface area contributed by atoms with Crippen molar-refractivity contribution in [3.05, 3.63) is 17.1 Å². The molecule has 0 radical (unpaired) electrons. The third-order valence-corrected chi connectivity index (χ3v) is 6.54. The molecule has 2 atom stereocenters. The summed E-state index contributed by atoms with van der Waals surface area (Å²) in [5, 5.41) is 15.4. The summed E-state index contributed by atoms with van der Waals surface area (Å²) >= 11 is 2.04. The van der Waals surface area contributed by atoms with E-state index in [-0.39, 0.29) is 46.9 Å². The van der Waals surface area contributed by atoms with Crippen LogP contribution in [0, 0.1) is 0 Å². The van der Waals surface area contributed by atoms with Gasteiger partial charge in [0.2, 0.25) is 11.5 Å². The number of esters is 1. The quantitative estimate of drug-likeness (QED) is 0.0835. The van der Waals surface area contributed by atoms with Gasteiger partial charge in [-0.2, -0.15) is 9.36 Å². The molecule has 4 N–H and O–H groups in total. The second kappa shape index (κ2) is 11.3. The van der Waals surface area contributed by atoms with Crippen LogP contribution in [-0.2, 0) is 33.5 Å². The number of nitrogens with zero attached hydrogens (tertiary/aromatic N) is 4. The zero-order chi connectivity index (χ0) is 25.7. The number of nitrogens with two attached hydrogens (primary N) is 1. The number of fused-ring (bicyclic) bond motifs is 1. The minimum absolute atomic E-state index is 0.0678. The fourth-order valence-corrected chi connectivity index (χ4v) is 4.90. The molecule has 1 fully saturated rings. The first-order valence-electron chi connectivity index (χ1n) is 10.3. The molecule has 2 aliphatic heterocycles. The van der Waals surface area contributed by atoms with E-state index >= 15 is 0 Å². The molecule has 0 bridgehead atoms. The summed E-state index contributed by atoms with van der Waals surface area (Å²) in [7, 11) is 0. The molecule has 1 unspecified atom stereocenters. The molecule has 1 aromatic heterocycles. The highest BCUT2D eigenvalue weighted by molar-refractivity contribution is 8.00. The minimum Gasteiger partial charge on any atom is -0.477 e. The molecule has 188 valence electrons. The highest BCUT2D eigenvalue weighted by Crippen LogP contribution is 2.40. The predicted octanol–water partition coefficient (Wildman–Crippen LogP) is -0.488. The fourth-order valence-electron chi connectivity index (χ4n) is 3.14. The molecule has 0 aromatic carbocycles. The van der Waals surface area contributed by atoms with E-state index < -0.39 is 47.4 Å². The monoisotopic (exact) mass is 526 g/mol. The number of hydrogen-bond acceptors (Lipinski definition) is 13. The third kappa shape index (κ3) is 5.94. The molecule has 0 aliphatic carbocycles. The Balaban J connectivity index is 1.74. The number of aromatic nitrogens is 2. The SMILES string of the molecule is CCCON=C(C(=O)NC1C(=O)N2C(C(=O)O)=C(COC(=O)CC(C)=O)CS[C@H]12)c1nsc(N)n1. The second-order valence-corrected chi connectivity index (χ2v) is 9.28. The molecule has 0 spiro atoms. The number of rotatable bonds is 11. The lowest BCUT2D eigenvalue weighted by Gasteiger charge is -2.49. The van der Waals surface area contributed by atoms with Crippen LogP contribution in [0.2, 0.25) is 0 Å². The number of anilines is 1. The van der Waals surface area contributed by atoms with Gasteiger partial charge in [0, 0.05) is 22.9 Å². The van der Waals surface area contributed by atoms with Gasteiger partial charge in [0.1, 0.15) is 42.5 Å². The van der Waals surface area contributed by atoms with Gasteiger partial charge in [-0.1, -0.05) is 12.1 Å². The van der Waals surface area contributed by atoms with Crippen LogP contribution in [0.25, 0.3) is 0 Å². The summed E-state index contributed by atoms with van der Waals surface area (Å²) in [5.41, 5.74) is 5.19. The lowest BCUT2D eigenvalue weighted by Crippen LogP contribution is -2.71. The van der Waals surface area contributed by atoms with Gasteiger partial charge in [-0.05, 0) is 13.3 Å². The number of nitrogen functional groups attached to an aromatic ring is 1. The number of carbonyl (C=O) groups excluding carboxylic acids is 4. The van der Waals surface area contributed by atoms with E-state index in [9.17, 15) is 29.1 Å². The number of thioether (sulfide) groups is 1. The normalized spacial score (nSPS) is 19.5. The number of oxime groups is 1.